The first kappa shape index (κ1) is 14.6. The van der Waals surface area contributed by atoms with Gasteiger partial charge in [-0.2, -0.15) is 0 Å². The Hall–Kier alpha value is -0.450. The molecule has 1 aromatic carbocycles. The molecule has 0 bridgehead atoms. The molecule has 0 saturated carbocycles. The number of nitrogens with one attached hydrogen (secondary N) is 1. The molecule has 0 unspecified atom stereocenters. The highest BCUT2D eigenvalue weighted by molar-refractivity contribution is 9.10. The summed E-state index contributed by atoms with van der Waals surface area (Å²) in [5.74, 6) is -0.214. The van der Waals surface area contributed by atoms with Crippen molar-refractivity contribution in [3.05, 3.63) is 34.1 Å². The monoisotopic (exact) mass is 303 g/mol. The Labute approximate surface area is 111 Å². The number of hydrogen-bond acceptors (Lipinski definition) is 2. The van der Waals surface area contributed by atoms with Gasteiger partial charge in [0.1, 0.15) is 5.82 Å². The summed E-state index contributed by atoms with van der Waals surface area (Å²) in [6.45, 7) is 5.39. The number of ether oxygens (including phenoxy) is 1. The average Bonchev–Trinajstić information content (AvgIpc) is 2.30. The molecule has 1 aromatic rings. The normalized spacial score (nSPS) is 10.8. The van der Waals surface area contributed by atoms with Crippen molar-refractivity contribution < 1.29 is 9.13 Å². The molecule has 0 aromatic heterocycles. The number of halogens is 2. The molecule has 0 aliphatic rings. The SMILES string of the molecule is CCCOCCCNCc1ccc(F)cc1Br. The summed E-state index contributed by atoms with van der Waals surface area (Å²) in [5.41, 5.74) is 1.07. The highest BCUT2D eigenvalue weighted by atomic mass is 79.9. The third-order valence-corrected chi connectivity index (χ3v) is 3.06. The van der Waals surface area contributed by atoms with Crippen LogP contribution in [0, 0.1) is 5.82 Å². The molecule has 0 aliphatic heterocycles. The molecule has 0 saturated heterocycles. The van der Waals surface area contributed by atoms with Crippen LogP contribution in [0.1, 0.15) is 25.3 Å². The summed E-state index contributed by atoms with van der Waals surface area (Å²) in [6.07, 6.45) is 2.06. The lowest BCUT2D eigenvalue weighted by atomic mass is 10.2. The van der Waals surface area contributed by atoms with Gasteiger partial charge in [0.25, 0.3) is 0 Å². The Kier molecular flexibility index (Phi) is 7.40. The zero-order valence-electron chi connectivity index (χ0n) is 10.1. The minimum absolute atomic E-state index is 0.214. The second kappa shape index (κ2) is 8.61. The molecule has 17 heavy (non-hydrogen) atoms. The molecular formula is C13H19BrFNO. The van der Waals surface area contributed by atoms with Crippen molar-refractivity contribution in [2.45, 2.75) is 26.3 Å². The van der Waals surface area contributed by atoms with E-state index in [2.05, 4.69) is 28.2 Å². The van der Waals surface area contributed by atoms with E-state index in [-0.39, 0.29) is 5.82 Å². The third-order valence-electron chi connectivity index (χ3n) is 2.32. The first-order valence-corrected chi connectivity index (χ1v) is 6.75. The summed E-state index contributed by atoms with van der Waals surface area (Å²) >= 11 is 3.35. The van der Waals surface area contributed by atoms with Gasteiger partial charge in [-0.3, -0.25) is 0 Å². The van der Waals surface area contributed by atoms with Gasteiger partial charge in [0.15, 0.2) is 0 Å². The van der Waals surface area contributed by atoms with E-state index in [0.717, 1.165) is 49.2 Å². The Morgan fingerprint density at radius 2 is 2.18 bits per heavy atom. The maximum Gasteiger partial charge on any atom is 0.124 e. The molecular weight excluding hydrogens is 285 g/mol. The van der Waals surface area contributed by atoms with Gasteiger partial charge in [0.05, 0.1) is 0 Å². The maximum atomic E-state index is 12.8. The van der Waals surface area contributed by atoms with Gasteiger partial charge in [0, 0.05) is 24.2 Å². The fourth-order valence-corrected chi connectivity index (χ4v) is 1.92. The summed E-state index contributed by atoms with van der Waals surface area (Å²) in [7, 11) is 0. The highest BCUT2D eigenvalue weighted by Crippen LogP contribution is 2.17. The van der Waals surface area contributed by atoms with E-state index in [1.54, 1.807) is 6.07 Å². The Morgan fingerprint density at radius 1 is 1.35 bits per heavy atom. The predicted octanol–water partition coefficient (Wildman–Crippen LogP) is 3.49. The van der Waals surface area contributed by atoms with Crippen LogP contribution in [0.15, 0.2) is 22.7 Å². The Morgan fingerprint density at radius 3 is 2.88 bits per heavy atom. The van der Waals surface area contributed by atoms with Crippen molar-refractivity contribution in [2.75, 3.05) is 19.8 Å². The van der Waals surface area contributed by atoms with Crippen LogP contribution in [-0.4, -0.2) is 19.8 Å². The minimum atomic E-state index is -0.214. The zero-order valence-corrected chi connectivity index (χ0v) is 11.7. The van der Waals surface area contributed by atoms with Gasteiger partial charge in [-0.1, -0.05) is 28.9 Å². The lowest BCUT2D eigenvalue weighted by Crippen LogP contribution is -2.16. The minimum Gasteiger partial charge on any atom is -0.381 e. The highest BCUT2D eigenvalue weighted by Gasteiger charge is 2.00. The van der Waals surface area contributed by atoms with Crippen LogP contribution in [0.5, 0.6) is 0 Å². The summed E-state index contributed by atoms with van der Waals surface area (Å²) in [6, 6.07) is 4.76. The first-order valence-electron chi connectivity index (χ1n) is 5.96. The van der Waals surface area contributed by atoms with Gasteiger partial charge in [0.2, 0.25) is 0 Å². The average molecular weight is 304 g/mol. The van der Waals surface area contributed by atoms with Crippen LogP contribution in [-0.2, 0) is 11.3 Å². The van der Waals surface area contributed by atoms with Crippen LogP contribution in [0.4, 0.5) is 4.39 Å². The molecule has 0 atom stereocenters. The quantitative estimate of drug-likeness (QED) is 0.742. The molecule has 2 nitrogen and oxygen atoms in total. The van der Waals surface area contributed by atoms with Crippen molar-refractivity contribution in [2.24, 2.45) is 0 Å². The topological polar surface area (TPSA) is 21.3 Å². The van der Waals surface area contributed by atoms with Crippen molar-refractivity contribution in [3.8, 4) is 0 Å². The third kappa shape index (κ3) is 6.15. The van der Waals surface area contributed by atoms with Crippen molar-refractivity contribution >= 4 is 15.9 Å². The van der Waals surface area contributed by atoms with E-state index in [9.17, 15) is 4.39 Å². The summed E-state index contributed by atoms with van der Waals surface area (Å²) in [5, 5.41) is 3.31. The van der Waals surface area contributed by atoms with E-state index in [1.807, 2.05) is 0 Å². The second-order valence-corrected chi connectivity index (χ2v) is 4.73. The molecule has 0 fully saturated rings. The van der Waals surface area contributed by atoms with Gasteiger partial charge in [-0.15, -0.1) is 0 Å². The van der Waals surface area contributed by atoms with Gasteiger partial charge >= 0.3 is 0 Å². The smallest absolute Gasteiger partial charge is 0.124 e. The van der Waals surface area contributed by atoms with Crippen molar-refractivity contribution in [3.63, 3.8) is 0 Å². The largest absolute Gasteiger partial charge is 0.381 e. The van der Waals surface area contributed by atoms with Crippen LogP contribution in [0.25, 0.3) is 0 Å². The standard InChI is InChI=1S/C13H19BrFNO/c1-2-7-17-8-3-6-16-10-11-4-5-12(15)9-13(11)14/h4-5,9,16H,2-3,6-8,10H2,1H3. The maximum absolute atomic E-state index is 12.8. The lowest BCUT2D eigenvalue weighted by molar-refractivity contribution is 0.132. The molecule has 0 aliphatic carbocycles. The molecule has 0 radical (unpaired) electrons. The van der Waals surface area contributed by atoms with Crippen LogP contribution in [0.3, 0.4) is 0 Å². The molecule has 0 amide bonds. The number of rotatable bonds is 8. The van der Waals surface area contributed by atoms with E-state index in [4.69, 9.17) is 4.74 Å². The Balaban J connectivity index is 2.14. The molecule has 1 rings (SSSR count). The van der Waals surface area contributed by atoms with E-state index >= 15 is 0 Å². The van der Waals surface area contributed by atoms with Gasteiger partial charge in [-0.05, 0) is 37.1 Å². The molecule has 96 valence electrons. The summed E-state index contributed by atoms with van der Waals surface area (Å²) in [4.78, 5) is 0. The van der Waals surface area contributed by atoms with Crippen LogP contribution >= 0.6 is 15.9 Å². The van der Waals surface area contributed by atoms with Crippen molar-refractivity contribution in [1.29, 1.82) is 0 Å². The van der Waals surface area contributed by atoms with Crippen LogP contribution in [0.2, 0.25) is 0 Å². The molecule has 0 heterocycles. The first-order chi connectivity index (χ1) is 8.24. The van der Waals surface area contributed by atoms with Crippen molar-refractivity contribution in [1.82, 2.24) is 5.32 Å². The molecule has 0 spiro atoms. The fraction of sp³-hybridized carbons (Fsp3) is 0.538. The zero-order chi connectivity index (χ0) is 12.5. The number of hydrogen-bond donors (Lipinski definition) is 1. The van der Waals surface area contributed by atoms with Gasteiger partial charge < -0.3 is 10.1 Å². The molecule has 4 heteroatoms. The predicted molar refractivity (Wildman–Crippen MR) is 71.5 cm³/mol. The van der Waals surface area contributed by atoms with E-state index in [1.165, 1.54) is 12.1 Å². The molecule has 1 N–H and O–H groups in total. The van der Waals surface area contributed by atoms with Crippen LogP contribution < -0.4 is 5.32 Å². The van der Waals surface area contributed by atoms with E-state index < -0.39 is 0 Å². The second-order valence-electron chi connectivity index (χ2n) is 3.88. The summed E-state index contributed by atoms with van der Waals surface area (Å²) < 4.78 is 19.0. The lowest BCUT2D eigenvalue weighted by Gasteiger charge is -2.07. The number of benzene rings is 1. The Bertz CT molecular complexity index is 333. The van der Waals surface area contributed by atoms with Gasteiger partial charge in [-0.25, -0.2) is 4.39 Å². The fourth-order valence-electron chi connectivity index (χ4n) is 1.43. The van der Waals surface area contributed by atoms with E-state index in [0.29, 0.717) is 0 Å².